The zero-order valence-electron chi connectivity index (χ0n) is 10.8. The van der Waals surface area contributed by atoms with Gasteiger partial charge in [-0.25, -0.2) is 0 Å². The molecule has 2 heteroatoms. The Labute approximate surface area is 95.4 Å². The van der Waals surface area contributed by atoms with E-state index in [0.717, 1.165) is 18.5 Å². The first-order valence-electron chi connectivity index (χ1n) is 6.68. The predicted molar refractivity (Wildman–Crippen MR) is 67.2 cm³/mol. The molecule has 1 aliphatic heterocycles. The quantitative estimate of drug-likeness (QED) is 0.756. The summed E-state index contributed by atoms with van der Waals surface area (Å²) in [6.07, 6.45) is 6.81. The van der Waals surface area contributed by atoms with Crippen molar-refractivity contribution < 1.29 is 0 Å². The van der Waals surface area contributed by atoms with Crippen LogP contribution in [0.4, 0.5) is 0 Å². The maximum atomic E-state index is 3.69. The highest BCUT2D eigenvalue weighted by molar-refractivity contribution is 4.73. The Kier molecular flexibility index (Phi) is 6.26. The second-order valence-corrected chi connectivity index (χ2v) is 5.01. The highest BCUT2D eigenvalue weighted by atomic mass is 15.1. The van der Waals surface area contributed by atoms with Crippen molar-refractivity contribution in [1.29, 1.82) is 0 Å². The van der Waals surface area contributed by atoms with Crippen LogP contribution in [0.15, 0.2) is 0 Å². The van der Waals surface area contributed by atoms with Crippen LogP contribution >= 0.6 is 0 Å². The lowest BCUT2D eigenvalue weighted by Gasteiger charge is -2.27. The molecule has 90 valence electrons. The van der Waals surface area contributed by atoms with Crippen molar-refractivity contribution in [2.75, 3.05) is 26.7 Å². The van der Waals surface area contributed by atoms with E-state index in [1.807, 2.05) is 0 Å². The lowest BCUT2D eigenvalue weighted by Crippen LogP contribution is -2.38. The summed E-state index contributed by atoms with van der Waals surface area (Å²) in [5, 5.41) is 3.69. The Morgan fingerprint density at radius 2 is 2.00 bits per heavy atom. The van der Waals surface area contributed by atoms with E-state index in [1.54, 1.807) is 0 Å². The van der Waals surface area contributed by atoms with Gasteiger partial charge < -0.3 is 10.2 Å². The number of hydrogen-bond acceptors (Lipinski definition) is 2. The van der Waals surface area contributed by atoms with E-state index in [-0.39, 0.29) is 0 Å². The number of likely N-dealkylation sites (N-methyl/N-ethyl adjacent to an activating group) is 1. The smallest absolute Gasteiger partial charge is 0.0104 e. The minimum absolute atomic E-state index is 0.751. The van der Waals surface area contributed by atoms with Crippen LogP contribution in [0, 0.1) is 5.92 Å². The number of nitrogens with one attached hydrogen (secondary N) is 1. The monoisotopic (exact) mass is 212 g/mol. The normalized spacial score (nSPS) is 31.4. The summed E-state index contributed by atoms with van der Waals surface area (Å²) in [6.45, 7) is 8.28. The lowest BCUT2D eigenvalue weighted by molar-refractivity contribution is 0.262. The van der Waals surface area contributed by atoms with Gasteiger partial charge in [-0.3, -0.25) is 0 Å². The average molecular weight is 212 g/mol. The number of rotatable bonds is 2. The third-order valence-electron chi connectivity index (χ3n) is 3.77. The molecule has 0 aromatic carbocycles. The second-order valence-electron chi connectivity index (χ2n) is 5.01. The van der Waals surface area contributed by atoms with E-state index >= 15 is 0 Å². The number of nitrogens with zero attached hydrogens (tertiary/aromatic N) is 1. The van der Waals surface area contributed by atoms with E-state index in [4.69, 9.17) is 0 Å². The summed E-state index contributed by atoms with van der Waals surface area (Å²) in [6, 6.07) is 0.751. The van der Waals surface area contributed by atoms with Crippen molar-refractivity contribution in [3.05, 3.63) is 0 Å². The van der Waals surface area contributed by atoms with Crippen molar-refractivity contribution in [2.24, 2.45) is 5.92 Å². The Balaban J connectivity index is 2.43. The van der Waals surface area contributed by atoms with Gasteiger partial charge in [0.25, 0.3) is 0 Å². The first-order chi connectivity index (χ1) is 7.26. The molecule has 1 aliphatic rings. The van der Waals surface area contributed by atoms with E-state index in [1.165, 1.54) is 45.2 Å². The summed E-state index contributed by atoms with van der Waals surface area (Å²) >= 11 is 0. The molecular weight excluding hydrogens is 184 g/mol. The molecule has 0 saturated carbocycles. The molecule has 15 heavy (non-hydrogen) atoms. The van der Waals surface area contributed by atoms with Gasteiger partial charge in [0.2, 0.25) is 0 Å². The van der Waals surface area contributed by atoms with Crippen molar-refractivity contribution in [2.45, 2.75) is 52.0 Å². The van der Waals surface area contributed by atoms with E-state index in [0.29, 0.717) is 0 Å². The Bertz CT molecular complexity index is 143. The van der Waals surface area contributed by atoms with Gasteiger partial charge in [-0.15, -0.1) is 0 Å². The van der Waals surface area contributed by atoms with E-state index < -0.39 is 0 Å². The van der Waals surface area contributed by atoms with Crippen LogP contribution in [0.5, 0.6) is 0 Å². The van der Waals surface area contributed by atoms with Crippen LogP contribution in [0.1, 0.15) is 46.0 Å². The van der Waals surface area contributed by atoms with Gasteiger partial charge in [-0.1, -0.05) is 20.3 Å². The summed E-state index contributed by atoms with van der Waals surface area (Å²) in [4.78, 5) is 2.46. The molecule has 0 bridgehead atoms. The molecule has 2 unspecified atom stereocenters. The highest BCUT2D eigenvalue weighted by Crippen LogP contribution is 2.19. The minimum Gasteiger partial charge on any atom is -0.313 e. The van der Waals surface area contributed by atoms with Gasteiger partial charge in [0.15, 0.2) is 0 Å². The molecule has 1 fully saturated rings. The SMILES string of the molecule is CCC1CCCN(C)CCNC(CC)C1. The largest absolute Gasteiger partial charge is 0.313 e. The summed E-state index contributed by atoms with van der Waals surface area (Å²) < 4.78 is 0. The molecule has 0 spiro atoms. The molecule has 0 aliphatic carbocycles. The van der Waals surface area contributed by atoms with E-state index in [2.05, 4.69) is 31.1 Å². The molecule has 0 amide bonds. The highest BCUT2D eigenvalue weighted by Gasteiger charge is 2.15. The van der Waals surface area contributed by atoms with Crippen molar-refractivity contribution in [3.63, 3.8) is 0 Å². The first kappa shape index (κ1) is 13.0. The molecular formula is C13H28N2. The zero-order chi connectivity index (χ0) is 11.1. The van der Waals surface area contributed by atoms with Crippen molar-refractivity contribution in [3.8, 4) is 0 Å². The van der Waals surface area contributed by atoms with Crippen LogP contribution in [0.2, 0.25) is 0 Å². The predicted octanol–water partition coefficient (Wildman–Crippen LogP) is 2.50. The average Bonchev–Trinajstić information content (AvgIpc) is 2.26. The van der Waals surface area contributed by atoms with Gasteiger partial charge in [0.05, 0.1) is 0 Å². The van der Waals surface area contributed by atoms with Gasteiger partial charge in [-0.05, 0) is 45.2 Å². The Morgan fingerprint density at radius 3 is 2.67 bits per heavy atom. The lowest BCUT2D eigenvalue weighted by atomic mass is 9.91. The van der Waals surface area contributed by atoms with Crippen molar-refractivity contribution >= 4 is 0 Å². The molecule has 0 radical (unpaired) electrons. The third kappa shape index (κ3) is 4.98. The second kappa shape index (κ2) is 7.24. The molecule has 2 nitrogen and oxygen atoms in total. The van der Waals surface area contributed by atoms with E-state index in [9.17, 15) is 0 Å². The molecule has 0 aromatic heterocycles. The van der Waals surface area contributed by atoms with Gasteiger partial charge in [0, 0.05) is 19.1 Å². The van der Waals surface area contributed by atoms with Crippen LogP contribution < -0.4 is 5.32 Å². The van der Waals surface area contributed by atoms with Crippen LogP contribution in [-0.2, 0) is 0 Å². The summed E-state index contributed by atoms with van der Waals surface area (Å²) in [5.74, 6) is 0.939. The standard InChI is InChI=1S/C13H28N2/c1-4-12-7-6-9-15(3)10-8-14-13(5-2)11-12/h12-14H,4-11H2,1-3H3. The van der Waals surface area contributed by atoms with Crippen molar-refractivity contribution in [1.82, 2.24) is 10.2 Å². The fraction of sp³-hybridized carbons (Fsp3) is 1.00. The Morgan fingerprint density at radius 1 is 1.20 bits per heavy atom. The van der Waals surface area contributed by atoms with Gasteiger partial charge >= 0.3 is 0 Å². The molecule has 0 aromatic rings. The molecule has 1 rings (SSSR count). The fourth-order valence-electron chi connectivity index (χ4n) is 2.51. The fourth-order valence-corrected chi connectivity index (χ4v) is 2.51. The van der Waals surface area contributed by atoms with Crippen LogP contribution in [0.3, 0.4) is 0 Å². The topological polar surface area (TPSA) is 15.3 Å². The summed E-state index contributed by atoms with van der Waals surface area (Å²) in [7, 11) is 2.24. The summed E-state index contributed by atoms with van der Waals surface area (Å²) in [5.41, 5.74) is 0. The molecule has 2 atom stereocenters. The van der Waals surface area contributed by atoms with Crippen LogP contribution in [0.25, 0.3) is 0 Å². The third-order valence-corrected chi connectivity index (χ3v) is 3.77. The molecule has 1 heterocycles. The zero-order valence-corrected chi connectivity index (χ0v) is 10.8. The van der Waals surface area contributed by atoms with Gasteiger partial charge in [-0.2, -0.15) is 0 Å². The van der Waals surface area contributed by atoms with Gasteiger partial charge in [0.1, 0.15) is 0 Å². The first-order valence-corrected chi connectivity index (χ1v) is 6.68. The number of hydrogen-bond donors (Lipinski definition) is 1. The maximum absolute atomic E-state index is 3.69. The maximum Gasteiger partial charge on any atom is 0.0104 e. The minimum atomic E-state index is 0.751. The molecule has 1 N–H and O–H groups in total. The Hall–Kier alpha value is -0.0800. The van der Waals surface area contributed by atoms with Crippen LogP contribution in [-0.4, -0.2) is 37.6 Å². The molecule has 1 saturated heterocycles.